The molecule has 0 saturated carbocycles. The van der Waals surface area contributed by atoms with E-state index in [0.29, 0.717) is 17.5 Å². The Hall–Kier alpha value is -1.73. The highest BCUT2D eigenvalue weighted by Crippen LogP contribution is 2.17. The summed E-state index contributed by atoms with van der Waals surface area (Å²) in [5.74, 6) is 1.22. The second-order valence-corrected chi connectivity index (χ2v) is 5.36. The Morgan fingerprint density at radius 3 is 3.11 bits per heavy atom. The largest absolute Gasteiger partial charge is 0.363 e. The molecular weight excluding hydrogens is 272 g/mol. The topological polar surface area (TPSA) is 68.0 Å². The van der Waals surface area contributed by atoms with Crippen molar-refractivity contribution in [1.29, 1.82) is 0 Å². The van der Waals surface area contributed by atoms with Gasteiger partial charge in [-0.25, -0.2) is 4.98 Å². The maximum Gasteiger partial charge on any atom is 0.255 e. The Kier molecular flexibility index (Phi) is 2.85. The third-order valence-corrected chi connectivity index (χ3v) is 3.42. The van der Waals surface area contributed by atoms with Crippen molar-refractivity contribution >= 4 is 34.5 Å². The van der Waals surface area contributed by atoms with E-state index in [4.69, 9.17) is 11.6 Å². The summed E-state index contributed by atoms with van der Waals surface area (Å²) in [6, 6.07) is 1.71. The molecule has 3 aromatic rings. The molecule has 0 radical (unpaired) electrons. The smallest absolute Gasteiger partial charge is 0.255 e. The zero-order valence-electron chi connectivity index (χ0n) is 9.46. The Bertz CT molecular complexity index is 691. The lowest BCUT2D eigenvalue weighted by molar-refractivity contribution is 0.923. The molecule has 0 aliphatic carbocycles. The lowest BCUT2D eigenvalue weighted by Crippen LogP contribution is -2.05. The number of fused-ring (bicyclic) bond motifs is 1. The molecule has 0 spiro atoms. The van der Waals surface area contributed by atoms with Crippen LogP contribution >= 0.6 is 22.9 Å². The van der Waals surface area contributed by atoms with E-state index in [1.807, 2.05) is 13.1 Å². The molecule has 1 N–H and O–H groups in total. The average Bonchev–Trinajstić information content (AvgIpc) is 2.94. The SMILES string of the molecule is Cc1cnc(CNc2cc(Cl)nc3ncnn23)s1. The van der Waals surface area contributed by atoms with Crippen LogP contribution in [0.3, 0.4) is 0 Å². The normalized spacial score (nSPS) is 11.0. The van der Waals surface area contributed by atoms with Gasteiger partial charge in [-0.15, -0.1) is 11.3 Å². The molecule has 0 aromatic carbocycles. The molecule has 3 rings (SSSR count). The average molecular weight is 281 g/mol. The minimum absolute atomic E-state index is 0.383. The molecule has 3 aromatic heterocycles. The highest BCUT2D eigenvalue weighted by molar-refractivity contribution is 7.11. The number of nitrogens with zero attached hydrogens (tertiary/aromatic N) is 5. The molecule has 0 aliphatic rings. The number of aryl methyl sites for hydroxylation is 1. The number of nitrogens with one attached hydrogen (secondary N) is 1. The van der Waals surface area contributed by atoms with Crippen molar-refractivity contribution in [2.24, 2.45) is 0 Å². The summed E-state index contributed by atoms with van der Waals surface area (Å²) in [4.78, 5) is 13.5. The van der Waals surface area contributed by atoms with Gasteiger partial charge in [0.1, 0.15) is 22.3 Å². The summed E-state index contributed by atoms with van der Waals surface area (Å²) in [5, 5.41) is 8.70. The first-order chi connectivity index (χ1) is 8.72. The van der Waals surface area contributed by atoms with Gasteiger partial charge in [0.15, 0.2) is 0 Å². The predicted molar refractivity (Wildman–Crippen MR) is 70.0 cm³/mol. The predicted octanol–water partition coefficient (Wildman–Crippen LogP) is 2.15. The molecule has 0 saturated heterocycles. The monoisotopic (exact) mass is 280 g/mol. The zero-order chi connectivity index (χ0) is 12.5. The van der Waals surface area contributed by atoms with Crippen LogP contribution in [0.1, 0.15) is 9.88 Å². The molecule has 0 aliphatic heterocycles. The van der Waals surface area contributed by atoms with Crippen LogP contribution in [0.15, 0.2) is 18.6 Å². The number of hydrogen-bond acceptors (Lipinski definition) is 6. The molecule has 3 heterocycles. The van der Waals surface area contributed by atoms with Gasteiger partial charge < -0.3 is 5.32 Å². The van der Waals surface area contributed by atoms with Crippen molar-refractivity contribution in [3.63, 3.8) is 0 Å². The highest BCUT2D eigenvalue weighted by atomic mass is 35.5. The number of hydrogen-bond donors (Lipinski definition) is 1. The molecule has 0 unspecified atom stereocenters. The Morgan fingerprint density at radius 1 is 1.44 bits per heavy atom. The lowest BCUT2D eigenvalue weighted by Gasteiger charge is -2.06. The molecule has 92 valence electrons. The second kappa shape index (κ2) is 4.51. The van der Waals surface area contributed by atoms with Crippen LogP contribution in [-0.2, 0) is 6.54 Å². The zero-order valence-corrected chi connectivity index (χ0v) is 11.0. The fraction of sp³-hybridized carbons (Fsp3) is 0.200. The Balaban J connectivity index is 1.87. The molecule has 6 nitrogen and oxygen atoms in total. The van der Waals surface area contributed by atoms with Crippen LogP contribution in [0.4, 0.5) is 5.82 Å². The third kappa shape index (κ3) is 2.14. The maximum atomic E-state index is 5.92. The van der Waals surface area contributed by atoms with Gasteiger partial charge in [-0.2, -0.15) is 19.6 Å². The van der Waals surface area contributed by atoms with E-state index in [1.54, 1.807) is 21.9 Å². The molecule has 0 fully saturated rings. The molecule has 0 bridgehead atoms. The van der Waals surface area contributed by atoms with E-state index < -0.39 is 0 Å². The van der Waals surface area contributed by atoms with Crippen LogP contribution in [0.25, 0.3) is 5.78 Å². The summed E-state index contributed by atoms with van der Waals surface area (Å²) in [7, 11) is 0. The van der Waals surface area contributed by atoms with E-state index >= 15 is 0 Å². The first-order valence-corrected chi connectivity index (χ1v) is 6.43. The van der Waals surface area contributed by atoms with Crippen molar-refractivity contribution in [3.05, 3.63) is 33.6 Å². The minimum atomic E-state index is 0.383. The van der Waals surface area contributed by atoms with Crippen molar-refractivity contribution < 1.29 is 0 Å². The summed E-state index contributed by atoms with van der Waals surface area (Å²) in [5.41, 5.74) is 0. The number of thiazole rings is 1. The number of halogens is 1. The van der Waals surface area contributed by atoms with Gasteiger partial charge in [-0.1, -0.05) is 11.6 Å². The molecular formula is C10H9ClN6S. The molecule has 0 amide bonds. The van der Waals surface area contributed by atoms with Crippen molar-refractivity contribution in [3.8, 4) is 0 Å². The van der Waals surface area contributed by atoms with Gasteiger partial charge in [0, 0.05) is 17.1 Å². The summed E-state index contributed by atoms with van der Waals surface area (Å²) < 4.78 is 1.60. The molecule has 0 atom stereocenters. The summed E-state index contributed by atoms with van der Waals surface area (Å²) in [6.45, 7) is 2.65. The van der Waals surface area contributed by atoms with Crippen molar-refractivity contribution in [2.45, 2.75) is 13.5 Å². The van der Waals surface area contributed by atoms with E-state index in [9.17, 15) is 0 Å². The third-order valence-electron chi connectivity index (χ3n) is 2.31. The minimum Gasteiger partial charge on any atom is -0.363 e. The van der Waals surface area contributed by atoms with E-state index in [1.165, 1.54) is 11.2 Å². The number of anilines is 1. The Morgan fingerprint density at radius 2 is 2.33 bits per heavy atom. The lowest BCUT2D eigenvalue weighted by atomic mass is 10.5. The van der Waals surface area contributed by atoms with E-state index in [2.05, 4.69) is 25.4 Å². The number of rotatable bonds is 3. The van der Waals surface area contributed by atoms with E-state index in [-0.39, 0.29) is 0 Å². The van der Waals surface area contributed by atoms with Crippen LogP contribution in [-0.4, -0.2) is 24.6 Å². The standard InChI is InChI=1S/C10H9ClN6S/c1-6-3-13-9(18-6)4-12-8-2-7(11)16-10-14-5-15-17(8)10/h2-3,5,12H,4H2,1H3. The highest BCUT2D eigenvalue weighted by Gasteiger charge is 2.07. The summed E-state index contributed by atoms with van der Waals surface area (Å²) >= 11 is 7.57. The summed E-state index contributed by atoms with van der Waals surface area (Å²) in [6.07, 6.45) is 3.30. The van der Waals surface area contributed by atoms with Crippen LogP contribution < -0.4 is 5.32 Å². The van der Waals surface area contributed by atoms with Crippen LogP contribution in [0, 0.1) is 6.92 Å². The van der Waals surface area contributed by atoms with Gasteiger partial charge >= 0.3 is 0 Å². The van der Waals surface area contributed by atoms with Gasteiger partial charge in [0.05, 0.1) is 6.54 Å². The van der Waals surface area contributed by atoms with Gasteiger partial charge in [-0.05, 0) is 6.92 Å². The van der Waals surface area contributed by atoms with E-state index in [0.717, 1.165) is 10.8 Å². The first-order valence-electron chi connectivity index (χ1n) is 5.24. The fourth-order valence-corrected chi connectivity index (χ4v) is 2.46. The van der Waals surface area contributed by atoms with Gasteiger partial charge in [-0.3, -0.25) is 0 Å². The van der Waals surface area contributed by atoms with Crippen molar-refractivity contribution in [1.82, 2.24) is 24.6 Å². The van der Waals surface area contributed by atoms with Gasteiger partial charge in [0.2, 0.25) is 0 Å². The quantitative estimate of drug-likeness (QED) is 0.745. The van der Waals surface area contributed by atoms with Crippen LogP contribution in [0.2, 0.25) is 5.15 Å². The molecule has 18 heavy (non-hydrogen) atoms. The van der Waals surface area contributed by atoms with Crippen LogP contribution in [0.5, 0.6) is 0 Å². The fourth-order valence-electron chi connectivity index (χ4n) is 1.56. The maximum absolute atomic E-state index is 5.92. The van der Waals surface area contributed by atoms with Crippen molar-refractivity contribution in [2.75, 3.05) is 5.32 Å². The first kappa shape index (κ1) is 11.4. The second-order valence-electron chi connectivity index (χ2n) is 3.65. The number of aromatic nitrogens is 5. The van der Waals surface area contributed by atoms with Gasteiger partial charge in [0.25, 0.3) is 5.78 Å². The molecule has 8 heteroatoms. The Labute approximate surface area is 112 Å².